The van der Waals surface area contributed by atoms with Crippen LogP contribution in [-0.4, -0.2) is 97.3 Å². The van der Waals surface area contributed by atoms with Crippen LogP contribution in [0.2, 0.25) is 0 Å². The highest BCUT2D eigenvalue weighted by Crippen LogP contribution is 2.30. The van der Waals surface area contributed by atoms with Crippen molar-refractivity contribution in [2.75, 3.05) is 68.6 Å². The third-order valence-electron chi connectivity index (χ3n) is 5.91. The molecule has 0 radical (unpaired) electrons. The normalized spacial score (nSPS) is 23.9. The van der Waals surface area contributed by atoms with Crippen LogP contribution in [0.1, 0.15) is 19.8 Å². The Hall–Kier alpha value is -2.62. The Kier molecular flexibility index (Phi) is 5.44. The summed E-state index contributed by atoms with van der Waals surface area (Å²) in [6.45, 7) is 5.61. The Morgan fingerprint density at radius 3 is 2.38 bits per heavy atom. The van der Waals surface area contributed by atoms with E-state index in [0.717, 1.165) is 25.9 Å². The molecule has 1 aromatic rings. The lowest BCUT2D eigenvalue weighted by molar-refractivity contribution is -0.137. The van der Waals surface area contributed by atoms with Crippen molar-refractivity contribution < 1.29 is 14.3 Å². The van der Waals surface area contributed by atoms with E-state index in [1.54, 1.807) is 13.1 Å². The molecule has 5 heterocycles. The molecule has 5 rings (SSSR count). The molecule has 1 N–H and O–H groups in total. The molecule has 10 nitrogen and oxygen atoms in total. The molecule has 29 heavy (non-hydrogen) atoms. The number of anilines is 3. The van der Waals surface area contributed by atoms with Crippen molar-refractivity contribution >= 4 is 29.4 Å². The largest absolute Gasteiger partial charge is 0.378 e. The van der Waals surface area contributed by atoms with E-state index in [9.17, 15) is 9.59 Å². The highest BCUT2D eigenvalue weighted by atomic mass is 16.5. The minimum atomic E-state index is -0.159. The smallest absolute Gasteiger partial charge is 0.322 e. The summed E-state index contributed by atoms with van der Waals surface area (Å²) < 4.78 is 5.39. The summed E-state index contributed by atoms with van der Waals surface area (Å²) >= 11 is 0. The van der Waals surface area contributed by atoms with Gasteiger partial charge in [-0.15, -0.1) is 0 Å². The number of piperazine rings is 1. The zero-order chi connectivity index (χ0) is 20.5. The molecule has 4 saturated heterocycles. The van der Waals surface area contributed by atoms with Gasteiger partial charge in [0.2, 0.25) is 11.9 Å². The summed E-state index contributed by atoms with van der Waals surface area (Å²) in [6.07, 6.45) is 3.55. The van der Waals surface area contributed by atoms with Crippen LogP contribution in [0, 0.1) is 0 Å². The third kappa shape index (κ3) is 3.93. The van der Waals surface area contributed by atoms with Crippen molar-refractivity contribution in [3.05, 3.63) is 6.20 Å². The maximum absolute atomic E-state index is 13.0. The first-order chi connectivity index (χ1) is 13.9. The van der Waals surface area contributed by atoms with Gasteiger partial charge in [0.15, 0.2) is 5.82 Å². The molecule has 10 heteroatoms. The van der Waals surface area contributed by atoms with Crippen molar-refractivity contribution in [3.8, 4) is 0 Å². The van der Waals surface area contributed by atoms with Crippen LogP contribution in [0.5, 0.6) is 0 Å². The van der Waals surface area contributed by atoms with Gasteiger partial charge in [0, 0.05) is 53.2 Å². The van der Waals surface area contributed by atoms with Crippen molar-refractivity contribution in [1.82, 2.24) is 19.8 Å². The lowest BCUT2D eigenvalue weighted by Crippen LogP contribution is -2.65. The number of amides is 3. The average molecular weight is 403 g/mol. The fourth-order valence-electron chi connectivity index (χ4n) is 4.36. The van der Waals surface area contributed by atoms with Crippen molar-refractivity contribution in [3.63, 3.8) is 0 Å². The zero-order valence-electron chi connectivity index (χ0n) is 17.3. The van der Waals surface area contributed by atoms with E-state index >= 15 is 0 Å². The Balaban J connectivity index is 1.48. The van der Waals surface area contributed by atoms with E-state index in [-0.39, 0.29) is 24.0 Å². The van der Waals surface area contributed by atoms with E-state index in [1.807, 2.05) is 28.8 Å². The summed E-state index contributed by atoms with van der Waals surface area (Å²) in [4.78, 5) is 41.7. The number of nitrogens with one attached hydrogen (secondary N) is 1. The molecule has 0 aliphatic carbocycles. The summed E-state index contributed by atoms with van der Waals surface area (Å²) in [5, 5.41) is 2.99. The van der Waals surface area contributed by atoms with Crippen LogP contribution in [0.25, 0.3) is 0 Å². The molecule has 1 aromatic heterocycles. The topological polar surface area (TPSA) is 94.1 Å². The lowest BCUT2D eigenvalue weighted by Gasteiger charge is -2.51. The fraction of sp³-hybridized carbons (Fsp3) is 0.684. The summed E-state index contributed by atoms with van der Waals surface area (Å²) in [6, 6.07) is 0.00508. The second kappa shape index (κ2) is 8.02. The zero-order valence-corrected chi connectivity index (χ0v) is 17.3. The highest BCUT2D eigenvalue weighted by molar-refractivity contribution is 5.93. The van der Waals surface area contributed by atoms with Gasteiger partial charge in [0.05, 0.1) is 25.5 Å². The second-order valence-electron chi connectivity index (χ2n) is 8.04. The van der Waals surface area contributed by atoms with Crippen molar-refractivity contribution in [2.45, 2.75) is 31.8 Å². The van der Waals surface area contributed by atoms with E-state index in [0.29, 0.717) is 43.8 Å². The molecule has 2 atom stereocenters. The van der Waals surface area contributed by atoms with E-state index in [2.05, 4.69) is 20.2 Å². The van der Waals surface area contributed by atoms with Crippen LogP contribution in [0.4, 0.5) is 22.2 Å². The highest BCUT2D eigenvalue weighted by Gasteiger charge is 2.42. The van der Waals surface area contributed by atoms with Gasteiger partial charge in [-0.2, -0.15) is 4.98 Å². The van der Waals surface area contributed by atoms with E-state index < -0.39 is 0 Å². The fourth-order valence-corrected chi connectivity index (χ4v) is 4.36. The third-order valence-corrected chi connectivity index (χ3v) is 5.91. The number of nitrogens with zero attached hydrogens (tertiary/aromatic N) is 6. The molecule has 4 aliphatic rings. The van der Waals surface area contributed by atoms with Gasteiger partial charge in [-0.3, -0.25) is 4.79 Å². The lowest BCUT2D eigenvalue weighted by atomic mass is 9.91. The number of fused-ring (bicyclic) bond motifs is 3. The number of piperidine rings is 2. The maximum Gasteiger partial charge on any atom is 0.322 e. The predicted octanol–water partition coefficient (Wildman–Crippen LogP) is 0.606. The van der Waals surface area contributed by atoms with E-state index in [4.69, 9.17) is 4.74 Å². The maximum atomic E-state index is 13.0. The molecule has 0 aromatic carbocycles. The van der Waals surface area contributed by atoms with Crippen LogP contribution in [-0.2, 0) is 9.53 Å². The first kappa shape index (κ1) is 19.7. The van der Waals surface area contributed by atoms with Crippen LogP contribution < -0.4 is 15.1 Å². The Morgan fingerprint density at radius 1 is 1.14 bits per heavy atom. The first-order valence-electron chi connectivity index (χ1n) is 10.2. The molecule has 2 unspecified atom stereocenters. The van der Waals surface area contributed by atoms with Crippen LogP contribution in [0.15, 0.2) is 6.20 Å². The molecule has 4 aliphatic heterocycles. The molecule has 0 spiro atoms. The van der Waals surface area contributed by atoms with Gasteiger partial charge < -0.3 is 29.7 Å². The SMILES string of the molecule is CC(=O)N1CC2CCC1CN2C(=O)Nc1cnc(N2CCOCC2)nc1N(C)C. The number of urea groups is 1. The Bertz CT molecular complexity index is 781. The van der Waals surface area contributed by atoms with Gasteiger partial charge in [0.25, 0.3) is 0 Å². The van der Waals surface area contributed by atoms with Gasteiger partial charge >= 0.3 is 6.03 Å². The number of ether oxygens (including phenoxy) is 1. The number of aromatic nitrogens is 2. The van der Waals surface area contributed by atoms with Gasteiger partial charge in [0.1, 0.15) is 5.69 Å². The second-order valence-corrected chi connectivity index (χ2v) is 8.04. The molecular formula is C19H29N7O3. The van der Waals surface area contributed by atoms with Gasteiger partial charge in [-0.05, 0) is 12.8 Å². The van der Waals surface area contributed by atoms with Crippen molar-refractivity contribution in [2.24, 2.45) is 0 Å². The van der Waals surface area contributed by atoms with Gasteiger partial charge in [-0.25, -0.2) is 9.78 Å². The molecule has 4 fully saturated rings. The number of morpholine rings is 1. The standard InChI is InChI=1S/C19H29N7O3/c1-13(27)25-11-15-5-4-14(25)12-26(15)19(28)21-16-10-20-18(22-17(16)23(2)3)24-6-8-29-9-7-24/h10,14-15H,4-9,11-12H2,1-3H3,(H,21,28). The first-order valence-corrected chi connectivity index (χ1v) is 10.2. The summed E-state index contributed by atoms with van der Waals surface area (Å²) in [5.41, 5.74) is 0.585. The summed E-state index contributed by atoms with van der Waals surface area (Å²) in [5.74, 6) is 1.40. The minimum Gasteiger partial charge on any atom is -0.378 e. The number of hydrogen-bond acceptors (Lipinski definition) is 7. The van der Waals surface area contributed by atoms with Crippen LogP contribution in [0.3, 0.4) is 0 Å². The van der Waals surface area contributed by atoms with Crippen molar-refractivity contribution in [1.29, 1.82) is 0 Å². The molecule has 3 amide bonds. The minimum absolute atomic E-state index is 0.0558. The Labute approximate surface area is 170 Å². The number of hydrogen-bond donors (Lipinski definition) is 1. The number of carbonyl (C=O) groups is 2. The number of carbonyl (C=O) groups excluding carboxylic acids is 2. The van der Waals surface area contributed by atoms with Crippen LogP contribution >= 0.6 is 0 Å². The Morgan fingerprint density at radius 2 is 1.79 bits per heavy atom. The van der Waals surface area contributed by atoms with Gasteiger partial charge in [-0.1, -0.05) is 0 Å². The quantitative estimate of drug-likeness (QED) is 0.790. The molecule has 158 valence electrons. The molecular weight excluding hydrogens is 374 g/mol. The average Bonchev–Trinajstić information content (AvgIpc) is 2.74. The predicted molar refractivity (Wildman–Crippen MR) is 109 cm³/mol. The summed E-state index contributed by atoms with van der Waals surface area (Å²) in [7, 11) is 3.79. The monoisotopic (exact) mass is 403 g/mol. The number of rotatable bonds is 3. The molecule has 0 saturated carbocycles. The molecule has 2 bridgehead atoms. The van der Waals surface area contributed by atoms with E-state index in [1.165, 1.54) is 0 Å².